The van der Waals surface area contributed by atoms with E-state index in [0.29, 0.717) is 19.1 Å². The lowest BCUT2D eigenvalue weighted by atomic mass is 10.0. The molecule has 0 bridgehead atoms. The van der Waals surface area contributed by atoms with E-state index in [-0.39, 0.29) is 0 Å². The molecule has 3 nitrogen and oxygen atoms in total. The maximum Gasteiger partial charge on any atom is 0.284 e. The van der Waals surface area contributed by atoms with Gasteiger partial charge in [0.2, 0.25) is 0 Å². The Balaban J connectivity index is 2.05. The summed E-state index contributed by atoms with van der Waals surface area (Å²) in [6.07, 6.45) is 10.8. The van der Waals surface area contributed by atoms with Gasteiger partial charge in [0.05, 0.1) is 0 Å². The maximum atomic E-state index is 5.52. The lowest BCUT2D eigenvalue weighted by Crippen LogP contribution is -2.11. The monoisotopic (exact) mass is 191 g/mol. The zero-order chi connectivity index (χ0) is 9.80. The third kappa shape index (κ3) is 1.88. The van der Waals surface area contributed by atoms with Gasteiger partial charge in [-0.2, -0.15) is 0 Å². The van der Waals surface area contributed by atoms with Gasteiger partial charge in [-0.25, -0.2) is 0 Å². The Labute approximate surface area is 83.2 Å². The van der Waals surface area contributed by atoms with Crippen molar-refractivity contribution >= 4 is 0 Å². The molecule has 1 heterocycles. The Morgan fingerprint density at radius 3 is 3.14 bits per heavy atom. The van der Waals surface area contributed by atoms with Gasteiger partial charge >= 0.3 is 0 Å². The van der Waals surface area contributed by atoms with E-state index < -0.39 is 0 Å². The maximum absolute atomic E-state index is 5.52. The van der Waals surface area contributed by atoms with Gasteiger partial charge in [-0.3, -0.25) is 0 Å². The van der Waals surface area contributed by atoms with Crippen LogP contribution < -0.4 is 5.73 Å². The summed E-state index contributed by atoms with van der Waals surface area (Å²) >= 11 is 0. The summed E-state index contributed by atoms with van der Waals surface area (Å²) in [5.41, 5.74) is 6.52. The Morgan fingerprint density at radius 2 is 2.29 bits per heavy atom. The highest BCUT2D eigenvalue weighted by atomic mass is 16.7. The van der Waals surface area contributed by atoms with E-state index in [1.165, 1.54) is 5.57 Å². The van der Waals surface area contributed by atoms with Crippen LogP contribution in [0.1, 0.15) is 6.42 Å². The van der Waals surface area contributed by atoms with E-state index in [0.717, 1.165) is 12.2 Å². The Kier molecular flexibility index (Phi) is 2.70. The van der Waals surface area contributed by atoms with Gasteiger partial charge in [0.1, 0.15) is 12.4 Å². The van der Waals surface area contributed by atoms with Gasteiger partial charge in [-0.1, -0.05) is 12.2 Å². The topological polar surface area (TPSA) is 44.5 Å². The summed E-state index contributed by atoms with van der Waals surface area (Å²) in [6, 6.07) is 0. The molecule has 2 rings (SSSR count). The Morgan fingerprint density at radius 1 is 1.36 bits per heavy atom. The number of fused-ring (bicyclic) bond motifs is 1. The molecule has 2 aliphatic rings. The molecule has 0 aromatic rings. The number of hydrogen-bond acceptors (Lipinski definition) is 3. The van der Waals surface area contributed by atoms with Crippen LogP contribution in [0.4, 0.5) is 0 Å². The zero-order valence-corrected chi connectivity index (χ0v) is 7.90. The van der Waals surface area contributed by atoms with Crippen molar-refractivity contribution in [1.29, 1.82) is 0 Å². The molecule has 0 atom stereocenters. The molecule has 0 saturated heterocycles. The highest BCUT2D eigenvalue weighted by molar-refractivity contribution is 5.40. The quantitative estimate of drug-likeness (QED) is 0.737. The molecule has 1 aliphatic carbocycles. The predicted octanol–water partition coefficient (Wildman–Crippen LogP) is 1.60. The van der Waals surface area contributed by atoms with Gasteiger partial charge in [-0.15, -0.1) is 0 Å². The highest BCUT2D eigenvalue weighted by Gasteiger charge is 2.14. The summed E-state index contributed by atoms with van der Waals surface area (Å²) in [7, 11) is 0. The molecule has 0 fully saturated rings. The fourth-order valence-corrected chi connectivity index (χ4v) is 1.36. The smallest absolute Gasteiger partial charge is 0.284 e. The molecule has 0 amide bonds. The number of rotatable bonds is 3. The third-order valence-electron chi connectivity index (χ3n) is 2.03. The van der Waals surface area contributed by atoms with Crippen LogP contribution in [0.25, 0.3) is 0 Å². The average Bonchev–Trinajstić information content (AvgIpc) is 2.26. The molecule has 3 heteroatoms. The van der Waals surface area contributed by atoms with E-state index in [9.17, 15) is 0 Å². The number of ether oxygens (including phenoxy) is 2. The van der Waals surface area contributed by atoms with Gasteiger partial charge < -0.3 is 15.2 Å². The lowest BCUT2D eigenvalue weighted by Gasteiger charge is -2.19. The van der Waals surface area contributed by atoms with Crippen molar-refractivity contribution < 1.29 is 9.47 Å². The first kappa shape index (κ1) is 9.09. The molecule has 0 spiro atoms. The van der Waals surface area contributed by atoms with E-state index in [1.54, 1.807) is 0 Å². The highest BCUT2D eigenvalue weighted by Crippen LogP contribution is 2.27. The van der Waals surface area contributed by atoms with Crippen LogP contribution in [0.3, 0.4) is 0 Å². The molecule has 14 heavy (non-hydrogen) atoms. The second-order valence-electron chi connectivity index (χ2n) is 3.08. The van der Waals surface area contributed by atoms with Crippen LogP contribution in [-0.4, -0.2) is 13.2 Å². The SMILES string of the molecule is NCCOC1=CC=C2CC=CC=C2O1. The predicted molar refractivity (Wildman–Crippen MR) is 54.1 cm³/mol. The summed E-state index contributed by atoms with van der Waals surface area (Å²) in [5.74, 6) is 1.41. The minimum Gasteiger partial charge on any atom is -0.464 e. The van der Waals surface area contributed by atoms with Crippen molar-refractivity contribution in [3.63, 3.8) is 0 Å². The first-order valence-electron chi connectivity index (χ1n) is 4.69. The molecule has 0 unspecified atom stereocenters. The van der Waals surface area contributed by atoms with Gasteiger partial charge in [0.15, 0.2) is 0 Å². The molecule has 2 N–H and O–H groups in total. The van der Waals surface area contributed by atoms with Crippen molar-refractivity contribution in [1.82, 2.24) is 0 Å². The van der Waals surface area contributed by atoms with Crippen molar-refractivity contribution in [2.75, 3.05) is 13.2 Å². The largest absolute Gasteiger partial charge is 0.464 e. The van der Waals surface area contributed by atoms with Crippen LogP contribution in [-0.2, 0) is 9.47 Å². The lowest BCUT2D eigenvalue weighted by molar-refractivity contribution is 0.0734. The van der Waals surface area contributed by atoms with Gasteiger partial charge in [0.25, 0.3) is 5.95 Å². The third-order valence-corrected chi connectivity index (χ3v) is 2.03. The van der Waals surface area contributed by atoms with E-state index in [1.807, 2.05) is 24.3 Å². The molecule has 1 aliphatic heterocycles. The summed E-state index contributed by atoms with van der Waals surface area (Å²) in [6.45, 7) is 0.981. The van der Waals surface area contributed by atoms with Crippen LogP contribution in [0.15, 0.2) is 47.7 Å². The second kappa shape index (κ2) is 4.15. The average molecular weight is 191 g/mol. The van der Waals surface area contributed by atoms with Gasteiger partial charge in [-0.05, 0) is 24.1 Å². The number of allylic oxidation sites excluding steroid dienone is 6. The molecule has 0 saturated carbocycles. The van der Waals surface area contributed by atoms with Crippen LogP contribution in [0, 0.1) is 0 Å². The van der Waals surface area contributed by atoms with E-state index >= 15 is 0 Å². The van der Waals surface area contributed by atoms with Crippen molar-refractivity contribution in [3.05, 3.63) is 47.7 Å². The molecule has 0 aromatic heterocycles. The minimum absolute atomic E-state index is 0.484. The number of nitrogens with two attached hydrogens (primary N) is 1. The second-order valence-corrected chi connectivity index (χ2v) is 3.08. The summed E-state index contributed by atoms with van der Waals surface area (Å²) in [4.78, 5) is 0. The Hall–Kier alpha value is -1.48. The van der Waals surface area contributed by atoms with Crippen LogP contribution in [0.2, 0.25) is 0 Å². The standard InChI is InChI=1S/C11H13NO2/c12-7-8-13-11-6-5-9-3-1-2-4-10(9)14-11/h1-2,4-6H,3,7-8,12H2. The summed E-state index contributed by atoms with van der Waals surface area (Å²) in [5, 5.41) is 0. The van der Waals surface area contributed by atoms with Crippen molar-refractivity contribution in [2.45, 2.75) is 6.42 Å². The van der Waals surface area contributed by atoms with Crippen LogP contribution in [0.5, 0.6) is 0 Å². The van der Waals surface area contributed by atoms with E-state index in [4.69, 9.17) is 15.2 Å². The molecule has 0 radical (unpaired) electrons. The van der Waals surface area contributed by atoms with Crippen molar-refractivity contribution in [2.24, 2.45) is 5.73 Å². The first-order chi connectivity index (χ1) is 6.90. The molecule has 0 aromatic carbocycles. The molecule has 74 valence electrons. The zero-order valence-electron chi connectivity index (χ0n) is 7.90. The van der Waals surface area contributed by atoms with E-state index in [2.05, 4.69) is 6.08 Å². The molecular formula is C11H13NO2. The fourth-order valence-electron chi connectivity index (χ4n) is 1.36. The number of hydrogen-bond donors (Lipinski definition) is 1. The molecular weight excluding hydrogens is 178 g/mol. The normalized spacial score (nSPS) is 18.8. The summed E-state index contributed by atoms with van der Waals surface area (Å²) < 4.78 is 10.8. The van der Waals surface area contributed by atoms with Crippen LogP contribution >= 0.6 is 0 Å². The minimum atomic E-state index is 0.484. The fraction of sp³-hybridized carbons (Fsp3) is 0.273. The first-order valence-corrected chi connectivity index (χ1v) is 4.69. The van der Waals surface area contributed by atoms with Crippen molar-refractivity contribution in [3.8, 4) is 0 Å². The Bertz CT molecular complexity index is 337. The van der Waals surface area contributed by atoms with Gasteiger partial charge in [0, 0.05) is 12.6 Å².